The van der Waals surface area contributed by atoms with Crippen LogP contribution in [-0.2, 0) is 9.53 Å². The summed E-state index contributed by atoms with van der Waals surface area (Å²) in [5, 5.41) is 10.6. The Hall–Kier alpha value is -1.09. The number of fused-ring (bicyclic) bond motifs is 3. The number of hydrogen-bond acceptors (Lipinski definition) is 3. The van der Waals surface area contributed by atoms with Gasteiger partial charge in [-0.2, -0.15) is 0 Å². The van der Waals surface area contributed by atoms with Gasteiger partial charge in [0.2, 0.25) is 0 Å². The first-order valence-corrected chi connectivity index (χ1v) is 6.72. The second-order valence-electron chi connectivity index (χ2n) is 6.18. The highest BCUT2D eigenvalue weighted by Gasteiger charge is 2.54. The third kappa shape index (κ3) is 1.50. The standard InChI is InChI=1S/C15H20O3/c1-8-4-5-11-9(2)14(16)18-13(11)12-10(8)6-7-15(12,3)17/h11-13,17H,2,4-7H2,1,3H3/t11?,12?,13?,15-/m1/s1. The summed E-state index contributed by atoms with van der Waals surface area (Å²) in [5.41, 5.74) is 2.53. The first kappa shape index (κ1) is 12.0. The molecule has 3 rings (SSSR count). The fourth-order valence-electron chi connectivity index (χ4n) is 3.91. The first-order chi connectivity index (χ1) is 8.42. The van der Waals surface area contributed by atoms with Crippen LogP contribution in [-0.4, -0.2) is 22.8 Å². The molecule has 1 saturated carbocycles. The highest BCUT2D eigenvalue weighted by molar-refractivity contribution is 5.91. The van der Waals surface area contributed by atoms with Crippen LogP contribution in [0.4, 0.5) is 0 Å². The van der Waals surface area contributed by atoms with Crippen LogP contribution in [0.3, 0.4) is 0 Å². The Bertz CT molecular complexity index is 458. The van der Waals surface area contributed by atoms with E-state index in [1.54, 1.807) is 0 Å². The smallest absolute Gasteiger partial charge is 0.334 e. The average Bonchev–Trinajstić information content (AvgIpc) is 2.69. The van der Waals surface area contributed by atoms with Crippen molar-refractivity contribution in [2.75, 3.05) is 0 Å². The van der Waals surface area contributed by atoms with Crippen molar-refractivity contribution in [3.63, 3.8) is 0 Å². The Morgan fingerprint density at radius 3 is 2.89 bits per heavy atom. The zero-order chi connectivity index (χ0) is 13.1. The van der Waals surface area contributed by atoms with Crippen LogP contribution in [0.15, 0.2) is 23.3 Å². The molecule has 1 aliphatic heterocycles. The topological polar surface area (TPSA) is 46.5 Å². The molecule has 4 atom stereocenters. The SMILES string of the molecule is C=C1C(=O)OC2C1CCC(C)=C1CC[C@@](C)(O)C12. The van der Waals surface area contributed by atoms with Crippen LogP contribution in [0.2, 0.25) is 0 Å². The third-order valence-electron chi connectivity index (χ3n) is 5.00. The molecule has 0 radical (unpaired) electrons. The number of aliphatic hydroxyl groups is 1. The number of carbonyl (C=O) groups excluding carboxylic acids is 1. The molecule has 1 heterocycles. The number of esters is 1. The van der Waals surface area contributed by atoms with Gasteiger partial charge in [0.05, 0.1) is 5.60 Å². The summed E-state index contributed by atoms with van der Waals surface area (Å²) in [7, 11) is 0. The maximum absolute atomic E-state index is 11.7. The fraction of sp³-hybridized carbons (Fsp3) is 0.667. The highest BCUT2D eigenvalue weighted by Crippen LogP contribution is 2.52. The summed E-state index contributed by atoms with van der Waals surface area (Å²) < 4.78 is 5.52. The van der Waals surface area contributed by atoms with Gasteiger partial charge in [-0.15, -0.1) is 0 Å². The molecular formula is C15H20O3. The first-order valence-electron chi connectivity index (χ1n) is 6.72. The van der Waals surface area contributed by atoms with Crippen LogP contribution in [0.5, 0.6) is 0 Å². The maximum Gasteiger partial charge on any atom is 0.334 e. The van der Waals surface area contributed by atoms with Crippen LogP contribution in [0, 0.1) is 11.8 Å². The Kier molecular flexibility index (Phi) is 2.46. The van der Waals surface area contributed by atoms with Crippen molar-refractivity contribution < 1.29 is 14.6 Å². The molecule has 0 aromatic rings. The minimum Gasteiger partial charge on any atom is -0.458 e. The third-order valence-corrected chi connectivity index (χ3v) is 5.00. The van der Waals surface area contributed by atoms with E-state index in [-0.39, 0.29) is 23.9 Å². The van der Waals surface area contributed by atoms with Gasteiger partial charge in [0, 0.05) is 17.4 Å². The summed E-state index contributed by atoms with van der Waals surface area (Å²) in [5.74, 6) is -0.223. The fourth-order valence-corrected chi connectivity index (χ4v) is 3.91. The van der Waals surface area contributed by atoms with Gasteiger partial charge >= 0.3 is 5.97 Å². The lowest BCUT2D eigenvalue weighted by Gasteiger charge is -2.32. The van der Waals surface area contributed by atoms with E-state index in [1.807, 2.05) is 6.92 Å². The molecular weight excluding hydrogens is 228 g/mol. The van der Waals surface area contributed by atoms with Gasteiger partial charge in [0.1, 0.15) is 6.10 Å². The summed E-state index contributed by atoms with van der Waals surface area (Å²) in [6.07, 6.45) is 3.39. The molecule has 0 amide bonds. The van der Waals surface area contributed by atoms with Crippen molar-refractivity contribution in [1.82, 2.24) is 0 Å². The number of ether oxygens (including phenoxy) is 1. The molecule has 2 aliphatic carbocycles. The van der Waals surface area contributed by atoms with Gasteiger partial charge in [-0.25, -0.2) is 4.79 Å². The highest BCUT2D eigenvalue weighted by atomic mass is 16.6. The number of rotatable bonds is 0. The predicted octanol–water partition coefficient (Wildman–Crippen LogP) is 2.36. The summed E-state index contributed by atoms with van der Waals surface area (Å²) in [6, 6.07) is 0. The maximum atomic E-state index is 11.7. The molecule has 0 aromatic heterocycles. The molecule has 98 valence electrons. The van der Waals surface area contributed by atoms with Crippen LogP contribution in [0.25, 0.3) is 0 Å². The summed E-state index contributed by atoms with van der Waals surface area (Å²) in [4.78, 5) is 11.7. The minimum absolute atomic E-state index is 0.0341. The van der Waals surface area contributed by atoms with E-state index in [1.165, 1.54) is 11.1 Å². The molecule has 3 unspecified atom stereocenters. The Morgan fingerprint density at radius 1 is 1.44 bits per heavy atom. The molecule has 0 spiro atoms. The molecule has 0 bridgehead atoms. The van der Waals surface area contributed by atoms with E-state index >= 15 is 0 Å². The second kappa shape index (κ2) is 3.70. The number of hydrogen-bond donors (Lipinski definition) is 1. The molecule has 3 heteroatoms. The average molecular weight is 248 g/mol. The van der Waals surface area contributed by atoms with E-state index in [0.717, 1.165) is 25.7 Å². The van der Waals surface area contributed by atoms with Crippen molar-refractivity contribution in [3.05, 3.63) is 23.3 Å². The van der Waals surface area contributed by atoms with E-state index < -0.39 is 5.60 Å². The van der Waals surface area contributed by atoms with E-state index in [2.05, 4.69) is 13.5 Å². The molecule has 1 N–H and O–H groups in total. The van der Waals surface area contributed by atoms with Gasteiger partial charge in [0.15, 0.2) is 0 Å². The predicted molar refractivity (Wildman–Crippen MR) is 67.8 cm³/mol. The van der Waals surface area contributed by atoms with Crippen LogP contribution >= 0.6 is 0 Å². The van der Waals surface area contributed by atoms with Crippen molar-refractivity contribution in [3.8, 4) is 0 Å². The Labute approximate surface area is 108 Å². The quantitative estimate of drug-likeness (QED) is 0.406. The van der Waals surface area contributed by atoms with E-state index in [4.69, 9.17) is 4.74 Å². The molecule has 18 heavy (non-hydrogen) atoms. The van der Waals surface area contributed by atoms with Crippen LogP contribution in [0.1, 0.15) is 39.5 Å². The molecule has 3 aliphatic rings. The monoisotopic (exact) mass is 248 g/mol. The summed E-state index contributed by atoms with van der Waals surface area (Å²) >= 11 is 0. The van der Waals surface area contributed by atoms with E-state index in [0.29, 0.717) is 5.57 Å². The lowest BCUT2D eigenvalue weighted by atomic mass is 9.79. The van der Waals surface area contributed by atoms with Gasteiger partial charge in [-0.3, -0.25) is 0 Å². The summed E-state index contributed by atoms with van der Waals surface area (Å²) in [6.45, 7) is 7.89. The van der Waals surface area contributed by atoms with Crippen molar-refractivity contribution in [2.45, 2.75) is 51.2 Å². The van der Waals surface area contributed by atoms with Gasteiger partial charge in [0.25, 0.3) is 0 Å². The number of carbonyl (C=O) groups is 1. The lowest BCUT2D eigenvalue weighted by molar-refractivity contribution is -0.144. The molecule has 3 nitrogen and oxygen atoms in total. The van der Waals surface area contributed by atoms with Crippen molar-refractivity contribution in [2.24, 2.45) is 11.8 Å². The Balaban J connectivity index is 2.06. The molecule has 1 saturated heterocycles. The Morgan fingerprint density at radius 2 is 2.17 bits per heavy atom. The zero-order valence-electron chi connectivity index (χ0n) is 11.0. The van der Waals surface area contributed by atoms with E-state index in [9.17, 15) is 9.90 Å². The van der Waals surface area contributed by atoms with Gasteiger partial charge in [-0.1, -0.05) is 17.7 Å². The lowest BCUT2D eigenvalue weighted by Crippen LogP contribution is -2.40. The zero-order valence-corrected chi connectivity index (χ0v) is 11.0. The second-order valence-corrected chi connectivity index (χ2v) is 6.18. The van der Waals surface area contributed by atoms with Gasteiger partial charge in [-0.05, 0) is 39.5 Å². The normalized spacial score (nSPS) is 43.6. The van der Waals surface area contributed by atoms with Crippen LogP contribution < -0.4 is 0 Å². The minimum atomic E-state index is -0.755. The molecule has 2 fully saturated rings. The molecule has 0 aromatic carbocycles. The van der Waals surface area contributed by atoms with Crippen molar-refractivity contribution >= 4 is 5.97 Å². The van der Waals surface area contributed by atoms with Gasteiger partial charge < -0.3 is 9.84 Å². The largest absolute Gasteiger partial charge is 0.458 e. The number of allylic oxidation sites excluding steroid dienone is 1. The van der Waals surface area contributed by atoms with Crippen molar-refractivity contribution in [1.29, 1.82) is 0 Å².